The molecule has 0 saturated heterocycles. The van der Waals surface area contributed by atoms with Crippen molar-refractivity contribution in [3.05, 3.63) is 29.8 Å². The molecule has 1 amide bonds. The van der Waals surface area contributed by atoms with E-state index >= 15 is 0 Å². The van der Waals surface area contributed by atoms with E-state index in [0.717, 1.165) is 12.0 Å². The van der Waals surface area contributed by atoms with Crippen LogP contribution in [0, 0.1) is 0 Å². The number of phenolic OH excluding ortho intramolecular Hbond substituents is 1. The molecule has 1 atom stereocenters. The van der Waals surface area contributed by atoms with Crippen molar-refractivity contribution in [2.24, 2.45) is 5.73 Å². The van der Waals surface area contributed by atoms with Gasteiger partial charge in [-0.1, -0.05) is 12.1 Å². The van der Waals surface area contributed by atoms with Crippen molar-refractivity contribution < 1.29 is 19.4 Å². The maximum absolute atomic E-state index is 11.8. The van der Waals surface area contributed by atoms with Gasteiger partial charge in [0.1, 0.15) is 5.75 Å². The number of nitrogens with two attached hydrogens (primary N) is 1. The minimum absolute atomic E-state index is 0.181. The summed E-state index contributed by atoms with van der Waals surface area (Å²) < 4.78 is 10.1. The molecule has 0 aliphatic heterocycles. The monoisotopic (exact) mass is 296 g/mol. The Hall–Kier alpha value is -1.63. The molecule has 6 heteroatoms. The van der Waals surface area contributed by atoms with Gasteiger partial charge < -0.3 is 25.6 Å². The maximum atomic E-state index is 11.8. The van der Waals surface area contributed by atoms with E-state index in [4.69, 9.17) is 15.2 Å². The van der Waals surface area contributed by atoms with Crippen LogP contribution in [-0.4, -0.2) is 50.5 Å². The molecular weight excluding hydrogens is 272 g/mol. The lowest BCUT2D eigenvalue weighted by atomic mass is 10.1. The zero-order valence-electron chi connectivity index (χ0n) is 12.4. The minimum Gasteiger partial charge on any atom is -0.508 e. The van der Waals surface area contributed by atoms with Crippen LogP contribution in [0.5, 0.6) is 5.75 Å². The van der Waals surface area contributed by atoms with Gasteiger partial charge in [0.25, 0.3) is 0 Å². The first-order valence-corrected chi connectivity index (χ1v) is 7.01. The van der Waals surface area contributed by atoms with E-state index in [1.807, 2.05) is 0 Å². The Bertz CT molecular complexity index is 409. The van der Waals surface area contributed by atoms with Crippen LogP contribution in [0.2, 0.25) is 0 Å². The number of phenols is 1. The molecule has 0 spiro atoms. The molecule has 0 aliphatic carbocycles. The second-order valence-corrected chi connectivity index (χ2v) is 4.73. The average Bonchev–Trinajstić information content (AvgIpc) is 2.48. The van der Waals surface area contributed by atoms with E-state index in [-0.39, 0.29) is 11.7 Å². The Balaban J connectivity index is 2.15. The molecular formula is C15H24N2O4. The van der Waals surface area contributed by atoms with Crippen LogP contribution in [-0.2, 0) is 20.7 Å². The van der Waals surface area contributed by atoms with E-state index in [2.05, 4.69) is 5.32 Å². The van der Waals surface area contributed by atoms with Crippen molar-refractivity contribution in [3.8, 4) is 5.75 Å². The zero-order valence-corrected chi connectivity index (χ0v) is 12.4. The predicted octanol–water partition coefficient (Wildman–Crippen LogP) is 0.431. The zero-order chi connectivity index (χ0) is 15.5. The molecule has 118 valence electrons. The summed E-state index contributed by atoms with van der Waals surface area (Å²) in [4.78, 5) is 11.8. The second kappa shape index (κ2) is 10.1. The van der Waals surface area contributed by atoms with Crippen LogP contribution >= 0.6 is 0 Å². The predicted molar refractivity (Wildman–Crippen MR) is 80.1 cm³/mol. The fraction of sp³-hybridized carbons (Fsp3) is 0.533. The molecule has 0 heterocycles. The van der Waals surface area contributed by atoms with Crippen molar-refractivity contribution in [3.63, 3.8) is 0 Å². The van der Waals surface area contributed by atoms with Crippen LogP contribution in [0.3, 0.4) is 0 Å². The van der Waals surface area contributed by atoms with Crippen LogP contribution in [0.4, 0.5) is 0 Å². The number of methoxy groups -OCH3 is 1. The summed E-state index contributed by atoms with van der Waals surface area (Å²) >= 11 is 0. The van der Waals surface area contributed by atoms with E-state index < -0.39 is 6.04 Å². The van der Waals surface area contributed by atoms with E-state index in [1.54, 1.807) is 31.4 Å². The van der Waals surface area contributed by atoms with Gasteiger partial charge in [-0.3, -0.25) is 4.79 Å². The van der Waals surface area contributed by atoms with Crippen molar-refractivity contribution in [1.82, 2.24) is 5.32 Å². The third-order valence-corrected chi connectivity index (χ3v) is 2.93. The van der Waals surface area contributed by atoms with Gasteiger partial charge in [-0.15, -0.1) is 0 Å². The number of benzene rings is 1. The third kappa shape index (κ3) is 7.65. The number of hydrogen-bond acceptors (Lipinski definition) is 5. The first-order chi connectivity index (χ1) is 10.1. The molecule has 1 rings (SSSR count). The summed E-state index contributed by atoms with van der Waals surface area (Å²) in [6.45, 7) is 2.25. The van der Waals surface area contributed by atoms with E-state index in [0.29, 0.717) is 32.8 Å². The molecule has 0 unspecified atom stereocenters. The molecule has 0 fully saturated rings. The van der Waals surface area contributed by atoms with Crippen molar-refractivity contribution in [1.29, 1.82) is 0 Å². The smallest absolute Gasteiger partial charge is 0.237 e. The van der Waals surface area contributed by atoms with Gasteiger partial charge >= 0.3 is 0 Å². The average molecular weight is 296 g/mol. The number of carbonyl (C=O) groups excluding carboxylic acids is 1. The standard InChI is InChI=1S/C15H24N2O4/c1-20-9-10-21-8-2-7-17-15(19)14(16)11-12-3-5-13(18)6-4-12/h3-6,14,18H,2,7-11,16H2,1H3,(H,17,19)/t14-/m1/s1. The number of amides is 1. The van der Waals surface area contributed by atoms with Crippen LogP contribution < -0.4 is 11.1 Å². The van der Waals surface area contributed by atoms with Crippen LogP contribution in [0.25, 0.3) is 0 Å². The summed E-state index contributed by atoms with van der Waals surface area (Å²) in [5, 5.41) is 12.0. The Kier molecular flexibility index (Phi) is 8.42. The lowest BCUT2D eigenvalue weighted by molar-refractivity contribution is -0.122. The van der Waals surface area contributed by atoms with Crippen molar-refractivity contribution in [2.45, 2.75) is 18.9 Å². The number of aromatic hydroxyl groups is 1. The molecule has 4 N–H and O–H groups in total. The van der Waals surface area contributed by atoms with Crippen molar-refractivity contribution in [2.75, 3.05) is 33.5 Å². The molecule has 21 heavy (non-hydrogen) atoms. The largest absolute Gasteiger partial charge is 0.508 e. The molecule has 1 aromatic rings. The lowest BCUT2D eigenvalue weighted by Gasteiger charge is -2.12. The number of nitrogens with one attached hydrogen (secondary N) is 1. The summed E-state index contributed by atoms with van der Waals surface area (Å²) in [6, 6.07) is 6.08. The molecule has 0 aliphatic rings. The Morgan fingerprint density at radius 3 is 2.67 bits per heavy atom. The van der Waals surface area contributed by atoms with E-state index in [9.17, 15) is 9.90 Å². The fourth-order valence-electron chi connectivity index (χ4n) is 1.74. The minimum atomic E-state index is -0.594. The van der Waals surface area contributed by atoms with Gasteiger partial charge in [0.2, 0.25) is 5.91 Å². The Labute approximate surface area is 125 Å². The van der Waals surface area contributed by atoms with Gasteiger partial charge in [0, 0.05) is 20.3 Å². The highest BCUT2D eigenvalue weighted by atomic mass is 16.5. The summed E-state index contributed by atoms with van der Waals surface area (Å²) in [5.74, 6) is 0.0187. The highest BCUT2D eigenvalue weighted by molar-refractivity contribution is 5.81. The molecule has 0 aromatic heterocycles. The third-order valence-electron chi connectivity index (χ3n) is 2.93. The summed E-state index contributed by atoms with van der Waals surface area (Å²) in [6.07, 6.45) is 1.18. The van der Waals surface area contributed by atoms with Gasteiger partial charge in [-0.2, -0.15) is 0 Å². The first-order valence-electron chi connectivity index (χ1n) is 7.01. The van der Waals surface area contributed by atoms with Gasteiger partial charge in [0.05, 0.1) is 19.3 Å². The van der Waals surface area contributed by atoms with Gasteiger partial charge in [-0.05, 0) is 30.5 Å². The SMILES string of the molecule is COCCOCCCNC(=O)[C@H](N)Cc1ccc(O)cc1. The molecule has 0 bridgehead atoms. The Morgan fingerprint density at radius 2 is 2.00 bits per heavy atom. The highest BCUT2D eigenvalue weighted by Gasteiger charge is 2.13. The lowest BCUT2D eigenvalue weighted by Crippen LogP contribution is -2.42. The second-order valence-electron chi connectivity index (χ2n) is 4.73. The first kappa shape index (κ1) is 17.4. The van der Waals surface area contributed by atoms with Gasteiger partial charge in [-0.25, -0.2) is 0 Å². The maximum Gasteiger partial charge on any atom is 0.237 e. The van der Waals surface area contributed by atoms with Crippen LogP contribution in [0.1, 0.15) is 12.0 Å². The highest BCUT2D eigenvalue weighted by Crippen LogP contribution is 2.10. The summed E-state index contributed by atoms with van der Waals surface area (Å²) in [7, 11) is 1.62. The molecule has 0 saturated carbocycles. The Morgan fingerprint density at radius 1 is 1.29 bits per heavy atom. The quantitative estimate of drug-likeness (QED) is 0.544. The van der Waals surface area contributed by atoms with E-state index in [1.165, 1.54) is 0 Å². The van der Waals surface area contributed by atoms with Crippen molar-refractivity contribution >= 4 is 5.91 Å². The molecule has 6 nitrogen and oxygen atoms in total. The fourth-order valence-corrected chi connectivity index (χ4v) is 1.74. The van der Waals surface area contributed by atoms with Gasteiger partial charge in [0.15, 0.2) is 0 Å². The molecule has 1 aromatic carbocycles. The normalized spacial score (nSPS) is 12.1. The van der Waals surface area contributed by atoms with Crippen LogP contribution in [0.15, 0.2) is 24.3 Å². The molecule has 0 radical (unpaired) electrons. The number of rotatable bonds is 10. The number of hydrogen-bond donors (Lipinski definition) is 3. The summed E-state index contributed by atoms with van der Waals surface area (Å²) in [5.41, 5.74) is 6.76. The number of carbonyl (C=O) groups is 1. The number of ether oxygens (including phenoxy) is 2. The topological polar surface area (TPSA) is 93.8 Å².